The monoisotopic (exact) mass is 238 g/mol. The summed E-state index contributed by atoms with van der Waals surface area (Å²) in [6, 6.07) is 1.76. The number of nitrogens with zero attached hydrogens (tertiary/aromatic N) is 1. The molecule has 0 fully saturated rings. The number of nitrogens with two attached hydrogens (primary N) is 1. The Kier molecular flexibility index (Phi) is 4.34. The van der Waals surface area contributed by atoms with Crippen LogP contribution < -0.4 is 5.73 Å². The summed E-state index contributed by atoms with van der Waals surface area (Å²) in [7, 11) is 0. The van der Waals surface area contributed by atoms with Gasteiger partial charge in [0, 0.05) is 13.1 Å². The summed E-state index contributed by atoms with van der Waals surface area (Å²) in [5.74, 6) is 0.758. The third kappa shape index (κ3) is 3.60. The van der Waals surface area contributed by atoms with Gasteiger partial charge < -0.3 is 15.1 Å². The summed E-state index contributed by atoms with van der Waals surface area (Å²) in [6.45, 7) is 9.80. The number of hydrogen-bond acceptors (Lipinski definition) is 3. The Morgan fingerprint density at radius 2 is 2.18 bits per heavy atom. The fourth-order valence-electron chi connectivity index (χ4n) is 1.65. The van der Waals surface area contributed by atoms with Gasteiger partial charge in [-0.2, -0.15) is 0 Å². The average molecular weight is 238 g/mol. The molecule has 4 nitrogen and oxygen atoms in total. The second-order valence-corrected chi connectivity index (χ2v) is 5.13. The van der Waals surface area contributed by atoms with Crippen LogP contribution in [0.2, 0.25) is 0 Å². The number of aryl methyl sites for hydroxylation is 1. The van der Waals surface area contributed by atoms with E-state index in [2.05, 4.69) is 13.8 Å². The van der Waals surface area contributed by atoms with Crippen molar-refractivity contribution in [3.8, 4) is 0 Å². The predicted octanol–water partition coefficient (Wildman–Crippen LogP) is 2.04. The Morgan fingerprint density at radius 3 is 2.59 bits per heavy atom. The van der Waals surface area contributed by atoms with E-state index in [-0.39, 0.29) is 11.3 Å². The van der Waals surface area contributed by atoms with E-state index in [9.17, 15) is 4.79 Å². The van der Waals surface area contributed by atoms with E-state index in [1.807, 2.05) is 13.8 Å². The van der Waals surface area contributed by atoms with Gasteiger partial charge >= 0.3 is 0 Å². The van der Waals surface area contributed by atoms with Crippen molar-refractivity contribution in [3.05, 3.63) is 23.7 Å². The molecule has 1 heterocycles. The van der Waals surface area contributed by atoms with E-state index in [0.29, 0.717) is 25.2 Å². The SMILES string of the molecule is CCN(CC(C)(C)CN)C(=O)c1coc(C)c1. The van der Waals surface area contributed by atoms with E-state index < -0.39 is 0 Å². The van der Waals surface area contributed by atoms with Gasteiger partial charge in [0.15, 0.2) is 0 Å². The minimum atomic E-state index is -0.0650. The number of amides is 1. The molecule has 0 aliphatic rings. The van der Waals surface area contributed by atoms with Crippen LogP contribution in [0.4, 0.5) is 0 Å². The summed E-state index contributed by atoms with van der Waals surface area (Å²) >= 11 is 0. The maximum atomic E-state index is 12.2. The minimum Gasteiger partial charge on any atom is -0.469 e. The lowest BCUT2D eigenvalue weighted by molar-refractivity contribution is 0.0700. The standard InChI is InChI=1S/C13H22N2O2/c1-5-15(9-13(3,4)8-14)12(16)11-6-10(2)17-7-11/h6-7H,5,8-9,14H2,1-4H3. The van der Waals surface area contributed by atoms with Crippen molar-refractivity contribution in [1.29, 1.82) is 0 Å². The molecule has 0 bridgehead atoms. The van der Waals surface area contributed by atoms with Crippen LogP contribution in [-0.2, 0) is 0 Å². The van der Waals surface area contributed by atoms with Crippen LogP contribution in [-0.4, -0.2) is 30.4 Å². The molecule has 0 radical (unpaired) electrons. The Bertz CT molecular complexity index is 383. The fourth-order valence-corrected chi connectivity index (χ4v) is 1.65. The van der Waals surface area contributed by atoms with Crippen LogP contribution in [0.25, 0.3) is 0 Å². The molecule has 4 heteroatoms. The Hall–Kier alpha value is -1.29. The Labute approximate surface area is 103 Å². The van der Waals surface area contributed by atoms with E-state index >= 15 is 0 Å². The highest BCUT2D eigenvalue weighted by Crippen LogP contribution is 2.17. The minimum absolute atomic E-state index is 0.00544. The number of carbonyl (C=O) groups excluding carboxylic acids is 1. The molecule has 0 atom stereocenters. The molecule has 0 saturated carbocycles. The summed E-state index contributed by atoms with van der Waals surface area (Å²) in [5.41, 5.74) is 6.24. The molecule has 1 amide bonds. The van der Waals surface area contributed by atoms with Gasteiger partial charge in [0.25, 0.3) is 5.91 Å². The second kappa shape index (κ2) is 5.36. The van der Waals surface area contributed by atoms with Crippen LogP contribution in [0.5, 0.6) is 0 Å². The van der Waals surface area contributed by atoms with Crippen LogP contribution >= 0.6 is 0 Å². The molecule has 0 saturated heterocycles. The third-order valence-corrected chi connectivity index (χ3v) is 2.82. The molecule has 0 aromatic carbocycles. The van der Waals surface area contributed by atoms with Gasteiger partial charge in [-0.05, 0) is 31.9 Å². The number of rotatable bonds is 5. The van der Waals surface area contributed by atoms with Crippen molar-refractivity contribution in [2.75, 3.05) is 19.6 Å². The second-order valence-electron chi connectivity index (χ2n) is 5.13. The fraction of sp³-hybridized carbons (Fsp3) is 0.615. The quantitative estimate of drug-likeness (QED) is 0.854. The zero-order valence-corrected chi connectivity index (χ0v) is 11.1. The van der Waals surface area contributed by atoms with Crippen molar-refractivity contribution in [1.82, 2.24) is 4.90 Å². The lowest BCUT2D eigenvalue weighted by Gasteiger charge is -2.30. The van der Waals surface area contributed by atoms with E-state index in [0.717, 1.165) is 5.76 Å². The molecule has 0 unspecified atom stereocenters. The molecule has 1 aromatic heterocycles. The molecule has 0 aliphatic carbocycles. The topological polar surface area (TPSA) is 59.5 Å². The summed E-state index contributed by atoms with van der Waals surface area (Å²) in [4.78, 5) is 14.0. The van der Waals surface area contributed by atoms with E-state index in [4.69, 9.17) is 10.2 Å². The number of furan rings is 1. The third-order valence-electron chi connectivity index (χ3n) is 2.82. The first kappa shape index (κ1) is 13.8. The molecular weight excluding hydrogens is 216 g/mol. The van der Waals surface area contributed by atoms with Crippen molar-refractivity contribution < 1.29 is 9.21 Å². The predicted molar refractivity (Wildman–Crippen MR) is 67.9 cm³/mol. The van der Waals surface area contributed by atoms with Gasteiger partial charge in [0.1, 0.15) is 12.0 Å². The van der Waals surface area contributed by atoms with Gasteiger partial charge in [0.05, 0.1) is 5.56 Å². The lowest BCUT2D eigenvalue weighted by Crippen LogP contribution is -2.41. The lowest BCUT2D eigenvalue weighted by atomic mass is 9.93. The number of hydrogen-bond donors (Lipinski definition) is 1. The molecule has 0 aliphatic heterocycles. The molecule has 0 spiro atoms. The van der Waals surface area contributed by atoms with Crippen LogP contribution in [0.1, 0.15) is 36.9 Å². The van der Waals surface area contributed by atoms with Gasteiger partial charge in [0.2, 0.25) is 0 Å². The summed E-state index contributed by atoms with van der Waals surface area (Å²) < 4.78 is 5.16. The van der Waals surface area contributed by atoms with Crippen molar-refractivity contribution in [3.63, 3.8) is 0 Å². The first-order chi connectivity index (χ1) is 7.89. The van der Waals surface area contributed by atoms with Crippen LogP contribution in [0.3, 0.4) is 0 Å². The summed E-state index contributed by atoms with van der Waals surface area (Å²) in [5, 5.41) is 0. The number of carbonyl (C=O) groups is 1. The molecule has 1 rings (SSSR count). The summed E-state index contributed by atoms with van der Waals surface area (Å²) in [6.07, 6.45) is 1.51. The van der Waals surface area contributed by atoms with Crippen LogP contribution in [0, 0.1) is 12.3 Å². The highest BCUT2D eigenvalue weighted by molar-refractivity contribution is 5.94. The highest BCUT2D eigenvalue weighted by atomic mass is 16.3. The molecule has 2 N–H and O–H groups in total. The molecule has 1 aromatic rings. The highest BCUT2D eigenvalue weighted by Gasteiger charge is 2.24. The Morgan fingerprint density at radius 1 is 1.53 bits per heavy atom. The first-order valence-corrected chi connectivity index (χ1v) is 5.94. The van der Waals surface area contributed by atoms with Crippen molar-refractivity contribution in [2.45, 2.75) is 27.7 Å². The van der Waals surface area contributed by atoms with Gasteiger partial charge in [-0.3, -0.25) is 4.79 Å². The average Bonchev–Trinajstić information content (AvgIpc) is 2.72. The van der Waals surface area contributed by atoms with Gasteiger partial charge in [-0.25, -0.2) is 0 Å². The van der Waals surface area contributed by atoms with E-state index in [1.165, 1.54) is 6.26 Å². The molecule has 17 heavy (non-hydrogen) atoms. The van der Waals surface area contributed by atoms with Crippen molar-refractivity contribution in [2.24, 2.45) is 11.1 Å². The van der Waals surface area contributed by atoms with Gasteiger partial charge in [-0.1, -0.05) is 13.8 Å². The Balaban J connectivity index is 2.78. The zero-order valence-electron chi connectivity index (χ0n) is 11.1. The van der Waals surface area contributed by atoms with Gasteiger partial charge in [-0.15, -0.1) is 0 Å². The zero-order chi connectivity index (χ0) is 13.1. The maximum absolute atomic E-state index is 12.2. The molecular formula is C13H22N2O2. The van der Waals surface area contributed by atoms with Crippen LogP contribution in [0.15, 0.2) is 16.7 Å². The molecule has 96 valence electrons. The van der Waals surface area contributed by atoms with Crippen molar-refractivity contribution >= 4 is 5.91 Å². The van der Waals surface area contributed by atoms with E-state index in [1.54, 1.807) is 11.0 Å². The first-order valence-electron chi connectivity index (χ1n) is 5.94. The normalized spacial score (nSPS) is 11.6. The maximum Gasteiger partial charge on any atom is 0.257 e. The smallest absolute Gasteiger partial charge is 0.257 e. The largest absolute Gasteiger partial charge is 0.469 e.